The molecule has 6 N–H and O–H groups in total. The van der Waals surface area contributed by atoms with Crippen molar-refractivity contribution in [2.45, 2.75) is 50.7 Å². The number of aromatic nitrogens is 1. The standard InChI is InChI=1S/C17H27N5O2/c1-12(20-15-6-4-14(19)5-7-15)21-17-13(11-18)3-8-16(24)22(17)9-2-10-23/h3,8,11,14-15,18,20-21,23H,1-2,4-7,9-10,19H2. The smallest absolute Gasteiger partial charge is 0.252 e. The first kappa shape index (κ1) is 18.2. The summed E-state index contributed by atoms with van der Waals surface area (Å²) >= 11 is 0. The number of pyridine rings is 1. The zero-order valence-electron chi connectivity index (χ0n) is 13.9. The van der Waals surface area contributed by atoms with Crippen molar-refractivity contribution < 1.29 is 5.11 Å². The van der Waals surface area contributed by atoms with Crippen LogP contribution in [-0.2, 0) is 6.54 Å². The summed E-state index contributed by atoms with van der Waals surface area (Å²) in [5, 5.41) is 23.1. The highest BCUT2D eigenvalue weighted by Gasteiger charge is 2.19. The Kier molecular flexibility index (Phi) is 6.57. The Morgan fingerprint density at radius 3 is 2.75 bits per heavy atom. The van der Waals surface area contributed by atoms with Gasteiger partial charge in [-0.15, -0.1) is 0 Å². The fraction of sp³-hybridized carbons (Fsp3) is 0.529. The minimum Gasteiger partial charge on any atom is -0.396 e. The minimum atomic E-state index is -0.173. The number of nitrogens with zero attached hydrogens (tertiary/aromatic N) is 1. The summed E-state index contributed by atoms with van der Waals surface area (Å²) in [5.41, 5.74) is 6.35. The molecule has 7 heteroatoms. The number of rotatable bonds is 8. The van der Waals surface area contributed by atoms with Crippen LogP contribution in [0.5, 0.6) is 0 Å². The van der Waals surface area contributed by atoms with E-state index in [1.54, 1.807) is 6.07 Å². The number of hydrogen-bond donors (Lipinski definition) is 5. The average molecular weight is 333 g/mol. The van der Waals surface area contributed by atoms with E-state index in [0.29, 0.717) is 36.2 Å². The van der Waals surface area contributed by atoms with E-state index in [2.05, 4.69) is 17.2 Å². The molecule has 0 aliphatic heterocycles. The van der Waals surface area contributed by atoms with Gasteiger partial charge in [0.05, 0.1) is 5.82 Å². The highest BCUT2D eigenvalue weighted by Crippen LogP contribution is 2.19. The Hall–Kier alpha value is -2.12. The molecule has 2 rings (SSSR count). The van der Waals surface area contributed by atoms with E-state index in [0.717, 1.165) is 25.7 Å². The van der Waals surface area contributed by atoms with Crippen molar-refractivity contribution in [2.75, 3.05) is 11.9 Å². The molecule has 0 spiro atoms. The van der Waals surface area contributed by atoms with Crippen LogP contribution in [0.3, 0.4) is 0 Å². The predicted molar refractivity (Wildman–Crippen MR) is 96.4 cm³/mol. The summed E-state index contributed by atoms with van der Waals surface area (Å²) < 4.78 is 1.53. The molecule has 0 aromatic carbocycles. The Morgan fingerprint density at radius 1 is 1.42 bits per heavy atom. The molecule has 0 atom stereocenters. The van der Waals surface area contributed by atoms with Gasteiger partial charge in [0.15, 0.2) is 0 Å². The normalized spacial score (nSPS) is 20.4. The molecule has 0 bridgehead atoms. The first-order chi connectivity index (χ1) is 11.5. The maximum Gasteiger partial charge on any atom is 0.252 e. The van der Waals surface area contributed by atoms with Crippen LogP contribution in [0.4, 0.5) is 5.82 Å². The second-order valence-electron chi connectivity index (χ2n) is 6.21. The third-order valence-electron chi connectivity index (χ3n) is 4.33. The summed E-state index contributed by atoms with van der Waals surface area (Å²) in [6.45, 7) is 4.38. The van der Waals surface area contributed by atoms with Gasteiger partial charge in [-0.2, -0.15) is 0 Å². The Morgan fingerprint density at radius 2 is 2.12 bits per heavy atom. The van der Waals surface area contributed by atoms with Crippen LogP contribution in [0.15, 0.2) is 29.3 Å². The lowest BCUT2D eigenvalue weighted by molar-refractivity contribution is 0.279. The molecule has 1 fully saturated rings. The van der Waals surface area contributed by atoms with Crippen molar-refractivity contribution in [3.05, 3.63) is 40.4 Å². The van der Waals surface area contributed by atoms with Crippen molar-refractivity contribution in [3.63, 3.8) is 0 Å². The largest absolute Gasteiger partial charge is 0.396 e. The quantitative estimate of drug-likeness (QED) is 0.455. The van der Waals surface area contributed by atoms with E-state index >= 15 is 0 Å². The van der Waals surface area contributed by atoms with Crippen molar-refractivity contribution in [1.82, 2.24) is 9.88 Å². The number of anilines is 1. The molecule has 1 aromatic heterocycles. The van der Waals surface area contributed by atoms with Crippen LogP contribution in [0.1, 0.15) is 37.7 Å². The molecule has 24 heavy (non-hydrogen) atoms. The van der Waals surface area contributed by atoms with Crippen LogP contribution in [-0.4, -0.2) is 34.6 Å². The second kappa shape index (κ2) is 8.65. The van der Waals surface area contributed by atoms with Crippen LogP contribution in [0, 0.1) is 5.41 Å². The lowest BCUT2D eigenvalue weighted by Crippen LogP contribution is -2.38. The molecule has 132 valence electrons. The number of nitrogens with one attached hydrogen (secondary N) is 3. The van der Waals surface area contributed by atoms with Crippen molar-refractivity contribution in [3.8, 4) is 0 Å². The lowest BCUT2D eigenvalue weighted by Gasteiger charge is -2.29. The van der Waals surface area contributed by atoms with E-state index in [9.17, 15) is 4.79 Å². The van der Waals surface area contributed by atoms with Gasteiger partial charge in [-0.25, -0.2) is 0 Å². The molecular weight excluding hydrogens is 306 g/mol. The molecule has 7 nitrogen and oxygen atoms in total. The average Bonchev–Trinajstić information content (AvgIpc) is 2.57. The molecular formula is C17H27N5O2. The zero-order chi connectivity index (χ0) is 17.5. The Balaban J connectivity index is 2.11. The van der Waals surface area contributed by atoms with Gasteiger partial charge >= 0.3 is 0 Å². The van der Waals surface area contributed by atoms with Gasteiger partial charge in [-0.05, 0) is 38.2 Å². The monoisotopic (exact) mass is 333 g/mol. The maximum atomic E-state index is 12.1. The third-order valence-corrected chi connectivity index (χ3v) is 4.33. The first-order valence-electron chi connectivity index (χ1n) is 8.38. The van der Waals surface area contributed by atoms with Crippen molar-refractivity contribution in [2.24, 2.45) is 5.73 Å². The van der Waals surface area contributed by atoms with E-state index in [1.807, 2.05) is 0 Å². The minimum absolute atomic E-state index is 0.00221. The summed E-state index contributed by atoms with van der Waals surface area (Å²) in [7, 11) is 0. The van der Waals surface area contributed by atoms with Crippen LogP contribution in [0.2, 0.25) is 0 Å². The highest BCUT2D eigenvalue weighted by atomic mass is 16.3. The van der Waals surface area contributed by atoms with Gasteiger partial charge in [0, 0.05) is 43.1 Å². The highest BCUT2D eigenvalue weighted by molar-refractivity contribution is 5.84. The lowest BCUT2D eigenvalue weighted by atomic mass is 9.92. The van der Waals surface area contributed by atoms with Crippen molar-refractivity contribution in [1.29, 1.82) is 5.41 Å². The number of hydrogen-bond acceptors (Lipinski definition) is 6. The molecule has 0 amide bonds. The summed E-state index contributed by atoms with van der Waals surface area (Å²) in [4.78, 5) is 12.1. The van der Waals surface area contributed by atoms with E-state index < -0.39 is 0 Å². The Labute approximate surface area is 142 Å². The third kappa shape index (κ3) is 4.69. The van der Waals surface area contributed by atoms with Gasteiger partial charge in [-0.1, -0.05) is 6.58 Å². The van der Waals surface area contributed by atoms with Crippen LogP contribution in [0.25, 0.3) is 0 Å². The molecule has 0 unspecified atom stereocenters. The topological polar surface area (TPSA) is 116 Å². The number of aliphatic hydroxyl groups excluding tert-OH is 1. The second-order valence-corrected chi connectivity index (χ2v) is 6.21. The molecule has 1 aliphatic rings. The zero-order valence-corrected chi connectivity index (χ0v) is 13.9. The first-order valence-corrected chi connectivity index (χ1v) is 8.38. The van der Waals surface area contributed by atoms with Gasteiger partial charge < -0.3 is 26.9 Å². The Bertz CT molecular complexity index is 632. The fourth-order valence-corrected chi connectivity index (χ4v) is 2.99. The van der Waals surface area contributed by atoms with Gasteiger partial charge in [0.25, 0.3) is 5.56 Å². The van der Waals surface area contributed by atoms with E-state index in [-0.39, 0.29) is 18.2 Å². The summed E-state index contributed by atoms with van der Waals surface area (Å²) in [6.07, 6.45) is 5.63. The SMILES string of the molecule is C=C(Nc1c(C=N)ccc(=O)n1CCCO)NC1CCC(N)CC1. The van der Waals surface area contributed by atoms with Crippen molar-refractivity contribution >= 4 is 12.0 Å². The fourth-order valence-electron chi connectivity index (χ4n) is 2.99. The molecule has 1 saturated carbocycles. The van der Waals surface area contributed by atoms with Gasteiger partial charge in [0.2, 0.25) is 0 Å². The number of aliphatic hydroxyl groups is 1. The molecule has 1 heterocycles. The predicted octanol–water partition coefficient (Wildman–Crippen LogP) is 0.971. The maximum absolute atomic E-state index is 12.1. The van der Waals surface area contributed by atoms with Crippen LogP contribution < -0.4 is 21.9 Å². The van der Waals surface area contributed by atoms with Crippen LogP contribution >= 0.6 is 0 Å². The van der Waals surface area contributed by atoms with Gasteiger partial charge in [0.1, 0.15) is 5.82 Å². The molecule has 0 saturated heterocycles. The van der Waals surface area contributed by atoms with E-state index in [4.69, 9.17) is 16.2 Å². The van der Waals surface area contributed by atoms with Gasteiger partial charge in [-0.3, -0.25) is 9.36 Å². The molecule has 0 radical (unpaired) electrons. The summed E-state index contributed by atoms with van der Waals surface area (Å²) in [6, 6.07) is 3.64. The van der Waals surface area contributed by atoms with E-state index in [1.165, 1.54) is 16.8 Å². The summed E-state index contributed by atoms with van der Waals surface area (Å²) in [5.74, 6) is 1.12. The number of nitrogens with two attached hydrogens (primary N) is 1. The molecule has 1 aliphatic carbocycles. The molecule has 1 aromatic rings.